The number of aryl methyl sites for hydroxylation is 1. The number of rotatable bonds is 7. The van der Waals surface area contributed by atoms with Gasteiger partial charge in [0.15, 0.2) is 0 Å². The molecule has 0 unspecified atom stereocenters. The Bertz CT molecular complexity index is 1070. The lowest BCUT2D eigenvalue weighted by atomic mass is 10.0. The van der Waals surface area contributed by atoms with E-state index in [2.05, 4.69) is 10.6 Å². The van der Waals surface area contributed by atoms with E-state index in [1.54, 1.807) is 18.2 Å². The molecule has 0 aliphatic carbocycles. The number of carboxylic acid groups (broad SMARTS) is 1. The van der Waals surface area contributed by atoms with Gasteiger partial charge in [0.05, 0.1) is 18.2 Å². The molecule has 0 aliphatic heterocycles. The van der Waals surface area contributed by atoms with Gasteiger partial charge in [-0.1, -0.05) is 71.8 Å². The number of carbonyl (C=O) groups is 2. The van der Waals surface area contributed by atoms with Crippen LogP contribution in [0.25, 0.3) is 0 Å². The Morgan fingerprint density at radius 3 is 2.35 bits per heavy atom. The van der Waals surface area contributed by atoms with Gasteiger partial charge in [0.25, 0.3) is 0 Å². The summed E-state index contributed by atoms with van der Waals surface area (Å²) in [6, 6.07) is 18.5. The lowest BCUT2D eigenvalue weighted by Gasteiger charge is -2.19. The van der Waals surface area contributed by atoms with Crippen LogP contribution in [0.2, 0.25) is 5.02 Å². The zero-order valence-corrected chi connectivity index (χ0v) is 17.7. The molecule has 0 aliphatic rings. The lowest BCUT2D eigenvalue weighted by Crippen LogP contribution is -2.33. The summed E-state index contributed by atoms with van der Waals surface area (Å²) in [5, 5.41) is 25.5. The molecule has 0 spiro atoms. The molecule has 0 saturated carbocycles. The first-order valence-electron chi connectivity index (χ1n) is 9.73. The van der Waals surface area contributed by atoms with Gasteiger partial charge in [-0.2, -0.15) is 0 Å². The van der Waals surface area contributed by atoms with Crippen molar-refractivity contribution in [2.24, 2.45) is 0 Å². The molecule has 3 aromatic carbocycles. The highest BCUT2D eigenvalue weighted by molar-refractivity contribution is 6.31. The van der Waals surface area contributed by atoms with Crippen LogP contribution in [-0.2, 0) is 11.2 Å². The molecule has 0 heterocycles. The molecule has 1 atom stereocenters. The highest BCUT2D eigenvalue weighted by Crippen LogP contribution is 2.33. The SMILES string of the molecule is Cc1ccc([C@H](CC(=O)O)NC(=O)Nc2cc(Cl)cc(Cc3ccccc3)c2O)cc1. The molecule has 31 heavy (non-hydrogen) atoms. The highest BCUT2D eigenvalue weighted by atomic mass is 35.5. The Labute approximate surface area is 185 Å². The van der Waals surface area contributed by atoms with E-state index in [4.69, 9.17) is 11.6 Å². The van der Waals surface area contributed by atoms with Crippen molar-refractivity contribution < 1.29 is 19.8 Å². The number of amides is 2. The van der Waals surface area contributed by atoms with E-state index >= 15 is 0 Å². The molecule has 3 rings (SSSR count). The van der Waals surface area contributed by atoms with Crippen molar-refractivity contribution >= 4 is 29.3 Å². The van der Waals surface area contributed by atoms with E-state index in [0.717, 1.165) is 11.1 Å². The van der Waals surface area contributed by atoms with Crippen molar-refractivity contribution in [1.29, 1.82) is 0 Å². The van der Waals surface area contributed by atoms with E-state index in [0.29, 0.717) is 22.6 Å². The number of carbonyl (C=O) groups excluding carboxylic acids is 1. The van der Waals surface area contributed by atoms with E-state index in [1.165, 1.54) is 6.07 Å². The van der Waals surface area contributed by atoms with Crippen molar-refractivity contribution in [1.82, 2.24) is 5.32 Å². The Morgan fingerprint density at radius 2 is 1.71 bits per heavy atom. The molecule has 0 bridgehead atoms. The fourth-order valence-electron chi connectivity index (χ4n) is 3.24. The smallest absolute Gasteiger partial charge is 0.319 e. The van der Waals surface area contributed by atoms with Crippen LogP contribution in [0.3, 0.4) is 0 Å². The molecule has 7 heteroatoms. The summed E-state index contributed by atoms with van der Waals surface area (Å²) in [5.41, 5.74) is 3.39. The molecule has 160 valence electrons. The van der Waals surface area contributed by atoms with Crippen LogP contribution in [0.5, 0.6) is 5.75 Å². The second-order valence-electron chi connectivity index (χ2n) is 7.28. The minimum absolute atomic E-state index is 0.0893. The second-order valence-corrected chi connectivity index (χ2v) is 7.72. The van der Waals surface area contributed by atoms with Gasteiger partial charge in [0.2, 0.25) is 0 Å². The number of nitrogens with one attached hydrogen (secondary N) is 2. The number of phenolic OH excluding ortho intramolecular Hbond substituents is 1. The first-order valence-corrected chi connectivity index (χ1v) is 10.1. The molecule has 4 N–H and O–H groups in total. The molecule has 0 saturated heterocycles. The quantitative estimate of drug-likeness (QED) is 0.377. The number of aromatic hydroxyl groups is 1. The van der Waals surface area contributed by atoms with Crippen LogP contribution in [0, 0.1) is 6.92 Å². The fraction of sp³-hybridized carbons (Fsp3) is 0.167. The molecule has 2 amide bonds. The molecular weight excluding hydrogens is 416 g/mol. The number of carboxylic acids is 1. The van der Waals surface area contributed by atoms with Gasteiger partial charge in [0.1, 0.15) is 5.75 Å². The number of aliphatic carboxylic acids is 1. The highest BCUT2D eigenvalue weighted by Gasteiger charge is 2.19. The predicted molar refractivity (Wildman–Crippen MR) is 121 cm³/mol. The lowest BCUT2D eigenvalue weighted by molar-refractivity contribution is -0.137. The molecule has 3 aromatic rings. The maximum atomic E-state index is 12.6. The summed E-state index contributed by atoms with van der Waals surface area (Å²) in [7, 11) is 0. The van der Waals surface area contributed by atoms with Crippen molar-refractivity contribution in [3.63, 3.8) is 0 Å². The van der Waals surface area contributed by atoms with Crippen molar-refractivity contribution in [2.75, 3.05) is 5.32 Å². The molecule has 0 fully saturated rings. The van der Waals surface area contributed by atoms with Crippen LogP contribution in [0.15, 0.2) is 66.7 Å². The van der Waals surface area contributed by atoms with Crippen LogP contribution < -0.4 is 10.6 Å². The standard InChI is InChI=1S/C24H23ClN2O4/c1-15-7-9-17(10-8-15)20(14-22(28)29)26-24(31)27-21-13-19(25)12-18(23(21)30)11-16-5-3-2-4-6-16/h2-10,12-13,20,30H,11,14H2,1H3,(H,28,29)(H2,26,27,31)/t20-/m0/s1. The van der Waals surface area contributed by atoms with Crippen molar-refractivity contribution in [2.45, 2.75) is 25.8 Å². The number of urea groups is 1. The first-order chi connectivity index (χ1) is 14.8. The fourth-order valence-corrected chi connectivity index (χ4v) is 3.48. The van der Waals surface area contributed by atoms with Crippen molar-refractivity contribution in [3.8, 4) is 5.75 Å². The Morgan fingerprint density at radius 1 is 1.03 bits per heavy atom. The van der Waals surface area contributed by atoms with E-state index in [9.17, 15) is 19.8 Å². The number of phenols is 1. The summed E-state index contributed by atoms with van der Waals surface area (Å²) < 4.78 is 0. The molecule has 0 radical (unpaired) electrons. The maximum Gasteiger partial charge on any atom is 0.319 e. The topological polar surface area (TPSA) is 98.7 Å². The van der Waals surface area contributed by atoms with E-state index < -0.39 is 18.0 Å². The zero-order valence-electron chi connectivity index (χ0n) is 16.9. The largest absolute Gasteiger partial charge is 0.505 e. The maximum absolute atomic E-state index is 12.6. The monoisotopic (exact) mass is 438 g/mol. The molecule has 6 nitrogen and oxygen atoms in total. The Hall–Kier alpha value is -3.51. The summed E-state index contributed by atoms with van der Waals surface area (Å²) in [4.78, 5) is 23.9. The zero-order chi connectivity index (χ0) is 22.4. The second kappa shape index (κ2) is 10.00. The number of halogens is 1. The van der Waals surface area contributed by atoms with Crippen LogP contribution in [0.4, 0.5) is 10.5 Å². The van der Waals surface area contributed by atoms with Gasteiger partial charge >= 0.3 is 12.0 Å². The van der Waals surface area contributed by atoms with Crippen molar-refractivity contribution in [3.05, 3.63) is 94.0 Å². The minimum atomic E-state index is -1.04. The van der Waals surface area contributed by atoms with Gasteiger partial charge in [0, 0.05) is 17.0 Å². The van der Waals surface area contributed by atoms with Gasteiger partial charge in [-0.3, -0.25) is 4.79 Å². The first kappa shape index (κ1) is 22.2. The van der Waals surface area contributed by atoms with Crippen LogP contribution in [-0.4, -0.2) is 22.2 Å². The predicted octanol–water partition coefficient (Wildman–Crippen LogP) is 5.28. The number of benzene rings is 3. The average Bonchev–Trinajstić information content (AvgIpc) is 2.72. The number of hydrogen-bond acceptors (Lipinski definition) is 3. The van der Waals surface area contributed by atoms with Gasteiger partial charge in [-0.15, -0.1) is 0 Å². The summed E-state index contributed by atoms with van der Waals surface area (Å²) >= 11 is 6.20. The Balaban J connectivity index is 1.78. The third kappa shape index (κ3) is 6.23. The summed E-state index contributed by atoms with van der Waals surface area (Å²) in [5.74, 6) is -1.13. The number of hydrogen-bond donors (Lipinski definition) is 4. The summed E-state index contributed by atoms with van der Waals surface area (Å²) in [6.45, 7) is 1.92. The minimum Gasteiger partial charge on any atom is -0.505 e. The van der Waals surface area contributed by atoms with Crippen LogP contribution >= 0.6 is 11.6 Å². The van der Waals surface area contributed by atoms with Gasteiger partial charge < -0.3 is 20.8 Å². The molecular formula is C24H23ClN2O4. The average molecular weight is 439 g/mol. The Kier molecular flexibility index (Phi) is 7.15. The third-order valence-electron chi connectivity index (χ3n) is 4.80. The number of anilines is 1. The van der Waals surface area contributed by atoms with Gasteiger partial charge in [-0.05, 0) is 30.2 Å². The molecule has 0 aromatic heterocycles. The van der Waals surface area contributed by atoms with E-state index in [1.807, 2.05) is 49.4 Å². The normalized spacial score (nSPS) is 11.5. The van der Waals surface area contributed by atoms with Gasteiger partial charge in [-0.25, -0.2) is 4.79 Å². The third-order valence-corrected chi connectivity index (χ3v) is 5.02. The van der Waals surface area contributed by atoms with E-state index in [-0.39, 0.29) is 17.9 Å². The summed E-state index contributed by atoms with van der Waals surface area (Å²) in [6.07, 6.45) is 0.159. The van der Waals surface area contributed by atoms with Crippen LogP contribution in [0.1, 0.15) is 34.7 Å².